The summed E-state index contributed by atoms with van der Waals surface area (Å²) in [6.45, 7) is 0.447. The van der Waals surface area contributed by atoms with Crippen LogP contribution in [0.5, 0.6) is 5.75 Å². The Kier molecular flexibility index (Phi) is 3.65. The monoisotopic (exact) mass is 306 g/mol. The molecule has 1 fully saturated rings. The van der Waals surface area contributed by atoms with E-state index in [9.17, 15) is 22.0 Å². The molecule has 2 N–H and O–H groups in total. The summed E-state index contributed by atoms with van der Waals surface area (Å²) in [4.78, 5) is 12.0. The third-order valence-corrected chi connectivity index (χ3v) is 3.89. The molecule has 1 unspecified atom stereocenters. The minimum Gasteiger partial charge on any atom is -0.477 e. The van der Waals surface area contributed by atoms with Crippen LogP contribution in [-0.2, 0) is 14.8 Å². The highest BCUT2D eigenvalue weighted by Gasteiger charge is 2.32. The van der Waals surface area contributed by atoms with Gasteiger partial charge in [-0.2, -0.15) is 4.39 Å². The van der Waals surface area contributed by atoms with Crippen LogP contribution in [0.25, 0.3) is 0 Å². The van der Waals surface area contributed by atoms with E-state index in [0.29, 0.717) is 13.0 Å². The average Bonchev–Trinajstić information content (AvgIpc) is 2.65. The van der Waals surface area contributed by atoms with Gasteiger partial charge in [0.2, 0.25) is 15.8 Å². The molecule has 0 radical (unpaired) electrons. The molecule has 0 aliphatic carbocycles. The topological polar surface area (TPSA) is 89.7 Å². The van der Waals surface area contributed by atoms with E-state index in [0.717, 1.165) is 12.1 Å². The van der Waals surface area contributed by atoms with Crippen molar-refractivity contribution in [3.8, 4) is 5.75 Å². The fourth-order valence-electron chi connectivity index (χ4n) is 1.88. The van der Waals surface area contributed by atoms with E-state index in [1.54, 1.807) is 7.05 Å². The highest BCUT2D eigenvalue weighted by molar-refractivity contribution is 7.89. The molecule has 1 aliphatic heterocycles. The van der Waals surface area contributed by atoms with Gasteiger partial charge in [-0.05, 0) is 12.1 Å². The number of sulfonamides is 1. The maximum atomic E-state index is 13.7. The molecule has 1 aliphatic rings. The van der Waals surface area contributed by atoms with Gasteiger partial charge in [0.1, 0.15) is 4.90 Å². The molecule has 1 aromatic carbocycles. The van der Waals surface area contributed by atoms with Gasteiger partial charge in [-0.25, -0.2) is 17.9 Å². The number of nitrogens with zero attached hydrogens (tertiary/aromatic N) is 1. The van der Waals surface area contributed by atoms with Gasteiger partial charge in [-0.3, -0.25) is 4.79 Å². The van der Waals surface area contributed by atoms with Crippen molar-refractivity contribution in [3.05, 3.63) is 23.8 Å². The lowest BCUT2D eigenvalue weighted by Gasteiger charge is -2.14. The number of hydrogen-bond acceptors (Lipinski definition) is 4. The number of primary sulfonamides is 1. The molecule has 0 aromatic heterocycles. The Morgan fingerprint density at radius 1 is 1.35 bits per heavy atom. The number of ether oxygens (including phenoxy) is 1. The van der Waals surface area contributed by atoms with E-state index in [4.69, 9.17) is 9.88 Å². The molecule has 1 heterocycles. The zero-order chi connectivity index (χ0) is 15.1. The normalized spacial score (nSPS) is 19.5. The van der Waals surface area contributed by atoms with Crippen LogP contribution >= 0.6 is 0 Å². The number of hydrogen-bond donors (Lipinski definition) is 1. The summed E-state index contributed by atoms with van der Waals surface area (Å²) in [6, 6.07) is 1.73. The molecule has 0 spiro atoms. The van der Waals surface area contributed by atoms with Gasteiger partial charge in [0.25, 0.3) is 5.91 Å². The molecule has 9 heteroatoms. The van der Waals surface area contributed by atoms with E-state index in [2.05, 4.69) is 0 Å². The van der Waals surface area contributed by atoms with Crippen LogP contribution in [0.1, 0.15) is 6.42 Å². The minimum atomic E-state index is -4.37. The maximum Gasteiger partial charge on any atom is 0.263 e. The summed E-state index contributed by atoms with van der Waals surface area (Å²) in [6.07, 6.45) is -0.568. The number of likely N-dealkylation sites (tertiary alicyclic amines) is 1. The van der Waals surface area contributed by atoms with Crippen molar-refractivity contribution in [1.29, 1.82) is 0 Å². The third kappa shape index (κ3) is 2.59. The van der Waals surface area contributed by atoms with Gasteiger partial charge in [-0.1, -0.05) is 0 Å². The lowest BCUT2D eigenvalue weighted by atomic mass is 10.3. The Bertz CT molecular complexity index is 663. The third-order valence-electron chi connectivity index (χ3n) is 2.97. The van der Waals surface area contributed by atoms with Crippen molar-refractivity contribution in [2.45, 2.75) is 17.4 Å². The molecule has 2 rings (SSSR count). The fourth-order valence-corrected chi connectivity index (χ4v) is 2.47. The number of halogens is 2. The van der Waals surface area contributed by atoms with Crippen molar-refractivity contribution in [2.24, 2.45) is 5.14 Å². The SMILES string of the molecule is CN1CCC(Oc2ccc(S(N)(=O)=O)c(F)c2F)C1=O. The standard InChI is InChI=1S/C11H12F2N2O4S/c1-15-5-4-7(11(15)16)19-6-2-3-8(20(14,17)18)10(13)9(6)12/h2-3,7H,4-5H2,1H3,(H2,14,17,18). The summed E-state index contributed by atoms with van der Waals surface area (Å²) in [7, 11) is -2.80. The second-order valence-electron chi connectivity index (χ2n) is 4.39. The van der Waals surface area contributed by atoms with Gasteiger partial charge >= 0.3 is 0 Å². The predicted octanol–water partition coefficient (Wildman–Crippen LogP) is 0.222. The lowest BCUT2D eigenvalue weighted by Crippen LogP contribution is -2.29. The van der Waals surface area contributed by atoms with Gasteiger partial charge in [-0.15, -0.1) is 0 Å². The quantitative estimate of drug-likeness (QED) is 0.865. The second kappa shape index (κ2) is 4.98. The lowest BCUT2D eigenvalue weighted by molar-refractivity contribution is -0.132. The van der Waals surface area contributed by atoms with E-state index in [-0.39, 0.29) is 5.91 Å². The first-order chi connectivity index (χ1) is 9.21. The van der Waals surface area contributed by atoms with Gasteiger partial charge < -0.3 is 9.64 Å². The highest BCUT2D eigenvalue weighted by Crippen LogP contribution is 2.27. The van der Waals surface area contributed by atoms with Crippen molar-refractivity contribution in [3.63, 3.8) is 0 Å². The summed E-state index contributed by atoms with van der Waals surface area (Å²) < 4.78 is 54.5. The summed E-state index contributed by atoms with van der Waals surface area (Å²) in [5.41, 5.74) is 0. The molecule has 1 aromatic rings. The molecule has 1 saturated heterocycles. The molecule has 0 bridgehead atoms. The number of benzene rings is 1. The number of carbonyl (C=O) groups excluding carboxylic acids is 1. The zero-order valence-electron chi connectivity index (χ0n) is 10.5. The van der Waals surface area contributed by atoms with Crippen LogP contribution < -0.4 is 9.88 Å². The molecular weight excluding hydrogens is 294 g/mol. The van der Waals surface area contributed by atoms with Crippen LogP contribution in [0.3, 0.4) is 0 Å². The summed E-state index contributed by atoms with van der Waals surface area (Å²) in [5.74, 6) is -3.98. The Morgan fingerprint density at radius 3 is 2.50 bits per heavy atom. The minimum absolute atomic E-state index is 0.341. The van der Waals surface area contributed by atoms with Crippen molar-refractivity contribution < 1.29 is 26.7 Å². The summed E-state index contributed by atoms with van der Waals surface area (Å²) in [5, 5.41) is 4.74. The Labute approximate surface area is 114 Å². The van der Waals surface area contributed by atoms with Crippen LogP contribution in [0, 0.1) is 11.6 Å². The highest BCUT2D eigenvalue weighted by atomic mass is 32.2. The largest absolute Gasteiger partial charge is 0.477 e. The number of likely N-dealkylation sites (N-methyl/N-ethyl adjacent to an activating group) is 1. The summed E-state index contributed by atoms with van der Waals surface area (Å²) >= 11 is 0. The average molecular weight is 306 g/mol. The molecule has 0 saturated carbocycles. The Hall–Kier alpha value is -1.74. The molecule has 20 heavy (non-hydrogen) atoms. The first-order valence-electron chi connectivity index (χ1n) is 5.64. The van der Waals surface area contributed by atoms with Crippen molar-refractivity contribution >= 4 is 15.9 Å². The molecule has 1 amide bonds. The molecule has 6 nitrogen and oxygen atoms in total. The van der Waals surface area contributed by atoms with Crippen LogP contribution in [-0.4, -0.2) is 38.9 Å². The first kappa shape index (κ1) is 14.7. The number of rotatable bonds is 3. The first-order valence-corrected chi connectivity index (χ1v) is 7.19. The van der Waals surface area contributed by atoms with Gasteiger partial charge in [0, 0.05) is 20.0 Å². The Balaban J connectivity index is 2.31. The molecule has 1 atom stereocenters. The zero-order valence-corrected chi connectivity index (χ0v) is 11.3. The van der Waals surface area contributed by atoms with Gasteiger partial charge in [0.05, 0.1) is 0 Å². The maximum absolute atomic E-state index is 13.7. The second-order valence-corrected chi connectivity index (χ2v) is 5.92. The number of amides is 1. The van der Waals surface area contributed by atoms with Crippen LogP contribution in [0.15, 0.2) is 17.0 Å². The molecular formula is C11H12F2N2O4S. The smallest absolute Gasteiger partial charge is 0.263 e. The van der Waals surface area contributed by atoms with Crippen molar-refractivity contribution in [2.75, 3.05) is 13.6 Å². The van der Waals surface area contributed by atoms with E-state index < -0.39 is 38.4 Å². The number of carbonyl (C=O) groups is 1. The van der Waals surface area contributed by atoms with Gasteiger partial charge in [0.15, 0.2) is 17.7 Å². The molecule has 110 valence electrons. The van der Waals surface area contributed by atoms with E-state index in [1.165, 1.54) is 4.90 Å². The van der Waals surface area contributed by atoms with Crippen molar-refractivity contribution in [1.82, 2.24) is 4.90 Å². The number of nitrogens with two attached hydrogens (primary N) is 1. The van der Waals surface area contributed by atoms with E-state index >= 15 is 0 Å². The van der Waals surface area contributed by atoms with Crippen LogP contribution in [0.2, 0.25) is 0 Å². The predicted molar refractivity (Wildman–Crippen MR) is 64.4 cm³/mol. The van der Waals surface area contributed by atoms with E-state index in [1.807, 2.05) is 0 Å². The Morgan fingerprint density at radius 2 is 2.00 bits per heavy atom. The van der Waals surface area contributed by atoms with Crippen LogP contribution in [0.4, 0.5) is 8.78 Å². The fraction of sp³-hybridized carbons (Fsp3) is 0.364.